The summed E-state index contributed by atoms with van der Waals surface area (Å²) < 4.78 is 35.1. The highest BCUT2D eigenvalue weighted by molar-refractivity contribution is 5.95. The Bertz CT molecular complexity index is 1620. The first kappa shape index (κ1) is 29.8. The van der Waals surface area contributed by atoms with Gasteiger partial charge in [0.1, 0.15) is 24.3 Å². The monoisotopic (exact) mass is 601 g/mol. The number of aromatic nitrogens is 2. The van der Waals surface area contributed by atoms with Gasteiger partial charge in [0.15, 0.2) is 5.83 Å². The maximum absolute atomic E-state index is 15.0. The lowest BCUT2D eigenvalue weighted by Gasteiger charge is -2.41. The normalized spacial score (nSPS) is 19.1. The molecule has 3 aromatic rings. The minimum atomic E-state index is -1.03. The van der Waals surface area contributed by atoms with E-state index >= 15 is 4.39 Å². The third kappa shape index (κ3) is 5.91. The lowest BCUT2D eigenvalue weighted by molar-refractivity contribution is -0.131. The number of halogens is 2. The zero-order valence-corrected chi connectivity index (χ0v) is 25.2. The summed E-state index contributed by atoms with van der Waals surface area (Å²) in [5.41, 5.74) is 2.57. The van der Waals surface area contributed by atoms with E-state index in [1.165, 1.54) is 23.8 Å². The highest BCUT2D eigenvalue weighted by Gasteiger charge is 2.36. The van der Waals surface area contributed by atoms with Crippen molar-refractivity contribution in [1.82, 2.24) is 19.8 Å². The third-order valence-electron chi connectivity index (χ3n) is 9.04. The Morgan fingerprint density at radius 3 is 2.68 bits per heavy atom. The van der Waals surface area contributed by atoms with Crippen molar-refractivity contribution in [3.8, 4) is 6.01 Å². The predicted octanol–water partition coefficient (Wildman–Crippen LogP) is 4.61. The van der Waals surface area contributed by atoms with Gasteiger partial charge in [0.25, 0.3) is 5.91 Å². The molecule has 0 unspecified atom stereocenters. The van der Waals surface area contributed by atoms with E-state index < -0.39 is 17.8 Å². The van der Waals surface area contributed by atoms with Gasteiger partial charge in [-0.05, 0) is 50.8 Å². The van der Waals surface area contributed by atoms with E-state index in [1.807, 2.05) is 24.3 Å². The van der Waals surface area contributed by atoms with Crippen LogP contribution >= 0.6 is 0 Å². The first-order valence-corrected chi connectivity index (χ1v) is 15.2. The predicted molar refractivity (Wildman–Crippen MR) is 166 cm³/mol. The minimum absolute atomic E-state index is 0.0393. The number of ether oxygens (including phenoxy) is 1. The molecule has 2 aliphatic heterocycles. The summed E-state index contributed by atoms with van der Waals surface area (Å²) in [5.74, 6) is -1.37. The van der Waals surface area contributed by atoms with E-state index in [2.05, 4.69) is 40.1 Å². The van der Waals surface area contributed by atoms with Crippen molar-refractivity contribution < 1.29 is 18.3 Å². The summed E-state index contributed by atoms with van der Waals surface area (Å²) >= 11 is 0. The van der Waals surface area contributed by atoms with Crippen molar-refractivity contribution in [2.75, 3.05) is 56.2 Å². The molecule has 230 valence electrons. The van der Waals surface area contributed by atoms with Crippen LogP contribution in [0.15, 0.2) is 48.8 Å². The van der Waals surface area contributed by atoms with Crippen LogP contribution in [0.2, 0.25) is 0 Å². The minimum Gasteiger partial charge on any atom is -0.462 e. The Balaban J connectivity index is 1.33. The van der Waals surface area contributed by atoms with E-state index in [4.69, 9.17) is 21.3 Å². The van der Waals surface area contributed by atoms with Crippen LogP contribution < -0.4 is 14.5 Å². The highest BCUT2D eigenvalue weighted by Crippen LogP contribution is 2.36. The Kier molecular flexibility index (Phi) is 8.36. The van der Waals surface area contributed by atoms with Crippen molar-refractivity contribution in [1.29, 1.82) is 0 Å². The summed E-state index contributed by atoms with van der Waals surface area (Å²) in [7, 11) is 2.11. The molecule has 3 heterocycles. The number of piperazine rings is 1. The number of amides is 1. The zero-order valence-electron chi connectivity index (χ0n) is 25.2. The lowest BCUT2D eigenvalue weighted by atomic mass is 10.0. The SMILES string of the molecule is [C-]#[N+]C[C@H]1CN(c2nc(OC[C@@H](C)N(C)C3CC3)nc3c2CCN(c2cccc4cccc(F)c24)C3)CCN1C(=O)C(=C)F. The van der Waals surface area contributed by atoms with Gasteiger partial charge < -0.3 is 24.3 Å². The Morgan fingerprint density at radius 1 is 1.18 bits per heavy atom. The molecule has 3 aliphatic rings. The number of rotatable bonds is 9. The number of anilines is 2. The Morgan fingerprint density at radius 2 is 1.95 bits per heavy atom. The van der Waals surface area contributed by atoms with Gasteiger partial charge in [-0.15, -0.1) is 0 Å². The van der Waals surface area contributed by atoms with Crippen molar-refractivity contribution in [2.45, 2.75) is 50.9 Å². The van der Waals surface area contributed by atoms with Crippen LogP contribution in [0, 0.1) is 12.4 Å². The van der Waals surface area contributed by atoms with Crippen LogP contribution in [0.1, 0.15) is 31.0 Å². The van der Waals surface area contributed by atoms with Gasteiger partial charge >= 0.3 is 6.01 Å². The first-order chi connectivity index (χ1) is 21.2. The second-order valence-corrected chi connectivity index (χ2v) is 11.9. The van der Waals surface area contributed by atoms with E-state index in [0.717, 1.165) is 22.3 Å². The lowest BCUT2D eigenvalue weighted by Crippen LogP contribution is -2.57. The number of carbonyl (C=O) groups is 1. The van der Waals surface area contributed by atoms with E-state index in [1.54, 1.807) is 6.07 Å². The molecule has 0 radical (unpaired) electrons. The molecule has 11 heteroatoms. The molecule has 0 bridgehead atoms. The maximum Gasteiger partial charge on any atom is 0.318 e. The number of carbonyl (C=O) groups excluding carboxylic acids is 1. The zero-order chi connectivity index (χ0) is 31.0. The standard InChI is InChI=1S/C33H37F2N7O2/c1-21(39(4)24-11-12-24)20-44-33-37-28-19-40(29-10-6-8-23-7-5-9-27(35)30(23)29)14-13-26(28)31(38-33)41-15-16-42(32(43)22(2)34)25(18-41)17-36-3/h5-10,21,24-25H,2,11-20H2,1,4H3/t21-,25+/m1/s1. The fourth-order valence-electron chi connectivity index (χ4n) is 6.35. The number of likely N-dealkylation sites (N-methyl/N-ethyl adjacent to an activating group) is 1. The third-order valence-corrected chi connectivity index (χ3v) is 9.04. The van der Waals surface area contributed by atoms with Gasteiger partial charge in [-0.2, -0.15) is 9.97 Å². The Hall–Kier alpha value is -4.30. The van der Waals surface area contributed by atoms with E-state index in [9.17, 15) is 9.18 Å². The van der Waals surface area contributed by atoms with Gasteiger partial charge in [-0.25, -0.2) is 15.4 Å². The van der Waals surface area contributed by atoms with Gasteiger partial charge in [0, 0.05) is 54.9 Å². The number of nitrogens with zero attached hydrogens (tertiary/aromatic N) is 7. The van der Waals surface area contributed by atoms with Crippen LogP contribution in [0.5, 0.6) is 6.01 Å². The number of hydrogen-bond donors (Lipinski definition) is 0. The molecule has 1 aromatic heterocycles. The fourth-order valence-corrected chi connectivity index (χ4v) is 6.35. The van der Waals surface area contributed by atoms with Crippen LogP contribution in [-0.4, -0.2) is 90.2 Å². The molecule has 9 nitrogen and oxygen atoms in total. The molecule has 6 rings (SSSR count). The fraction of sp³-hybridized carbons (Fsp3) is 0.455. The molecule has 1 aliphatic carbocycles. The summed E-state index contributed by atoms with van der Waals surface area (Å²) in [6.07, 6.45) is 3.01. The summed E-state index contributed by atoms with van der Waals surface area (Å²) in [4.78, 5) is 33.7. The molecule has 1 saturated carbocycles. The quantitative estimate of drug-likeness (QED) is 0.262. The largest absolute Gasteiger partial charge is 0.462 e. The smallest absolute Gasteiger partial charge is 0.318 e. The average Bonchev–Trinajstić information content (AvgIpc) is 3.88. The van der Waals surface area contributed by atoms with Crippen molar-refractivity contribution in [3.63, 3.8) is 0 Å². The van der Waals surface area contributed by atoms with Crippen LogP contribution in [-0.2, 0) is 17.8 Å². The highest BCUT2D eigenvalue weighted by atomic mass is 19.1. The summed E-state index contributed by atoms with van der Waals surface area (Å²) in [5, 5.41) is 1.42. The second kappa shape index (κ2) is 12.4. The number of hydrogen-bond acceptors (Lipinski definition) is 7. The van der Waals surface area contributed by atoms with Crippen molar-refractivity contribution >= 4 is 28.2 Å². The first-order valence-electron chi connectivity index (χ1n) is 15.2. The average molecular weight is 602 g/mol. The molecular weight excluding hydrogens is 564 g/mol. The van der Waals surface area contributed by atoms with Crippen molar-refractivity contribution in [3.05, 3.63) is 77.3 Å². The maximum atomic E-state index is 15.0. The molecule has 2 atom stereocenters. The molecule has 1 amide bonds. The number of fused-ring (bicyclic) bond motifs is 2. The number of benzene rings is 2. The van der Waals surface area contributed by atoms with Crippen LogP contribution in [0.25, 0.3) is 15.6 Å². The summed E-state index contributed by atoms with van der Waals surface area (Å²) in [6.45, 7) is 15.2. The van der Waals surface area contributed by atoms with E-state index in [0.29, 0.717) is 56.5 Å². The molecule has 2 aromatic carbocycles. The molecule has 0 spiro atoms. The van der Waals surface area contributed by atoms with Crippen molar-refractivity contribution in [2.24, 2.45) is 0 Å². The van der Waals surface area contributed by atoms with Gasteiger partial charge in [0.2, 0.25) is 6.54 Å². The molecule has 2 fully saturated rings. The molecule has 44 heavy (non-hydrogen) atoms. The Labute approximate surface area is 256 Å². The molecule has 1 saturated heterocycles. The molecular formula is C33H37F2N7O2. The second-order valence-electron chi connectivity index (χ2n) is 11.9. The van der Waals surface area contributed by atoms with Crippen LogP contribution in [0.4, 0.5) is 20.3 Å². The summed E-state index contributed by atoms with van der Waals surface area (Å²) in [6, 6.07) is 11.4. The van der Waals surface area contributed by atoms with E-state index in [-0.39, 0.29) is 31.0 Å². The van der Waals surface area contributed by atoms with Gasteiger partial charge in [0.05, 0.1) is 12.2 Å². The van der Waals surface area contributed by atoms with Gasteiger partial charge in [-0.3, -0.25) is 9.69 Å². The van der Waals surface area contributed by atoms with Crippen LogP contribution in [0.3, 0.4) is 0 Å². The topological polar surface area (TPSA) is 69.4 Å². The van der Waals surface area contributed by atoms with Gasteiger partial charge in [-0.1, -0.05) is 30.8 Å². The molecule has 0 N–H and O–H groups in total.